The molecule has 0 spiro atoms. The molecule has 4 nitrogen and oxygen atoms in total. The molecule has 1 aliphatic heterocycles. The van der Waals surface area contributed by atoms with Gasteiger partial charge in [-0.1, -0.05) is 53.5 Å². The number of aliphatic hydroxyl groups is 1. The Hall–Kier alpha value is -2.18. The van der Waals surface area contributed by atoms with Crippen LogP contribution in [0.25, 0.3) is 0 Å². The molecule has 28 heavy (non-hydrogen) atoms. The third-order valence-electron chi connectivity index (χ3n) is 4.83. The second-order valence-electron chi connectivity index (χ2n) is 6.55. The first-order valence-electron chi connectivity index (χ1n) is 8.55. The lowest BCUT2D eigenvalue weighted by molar-refractivity contribution is -0.136. The van der Waals surface area contributed by atoms with E-state index in [9.17, 15) is 14.7 Å². The van der Waals surface area contributed by atoms with Gasteiger partial charge in [-0.15, -0.1) is 11.3 Å². The van der Waals surface area contributed by atoms with Crippen molar-refractivity contribution in [3.8, 4) is 0 Å². The van der Waals surface area contributed by atoms with Gasteiger partial charge in [-0.2, -0.15) is 0 Å². The molecule has 7 heteroatoms. The van der Waals surface area contributed by atoms with E-state index in [2.05, 4.69) is 0 Å². The quantitative estimate of drug-likeness (QED) is 0.574. The first kappa shape index (κ1) is 19.2. The van der Waals surface area contributed by atoms with Gasteiger partial charge < -0.3 is 10.0 Å². The average Bonchev–Trinajstić information content (AvgIpc) is 3.28. The number of amides is 1. The fourth-order valence-electron chi connectivity index (χ4n) is 3.43. The summed E-state index contributed by atoms with van der Waals surface area (Å²) in [5, 5.41) is 13.9. The van der Waals surface area contributed by atoms with E-state index in [4.69, 9.17) is 23.2 Å². The number of rotatable bonds is 5. The van der Waals surface area contributed by atoms with E-state index in [0.717, 1.165) is 0 Å². The third kappa shape index (κ3) is 3.14. The van der Waals surface area contributed by atoms with E-state index in [1.54, 1.807) is 60.0 Å². The van der Waals surface area contributed by atoms with Crippen LogP contribution in [0, 0.1) is 0 Å². The molecule has 0 saturated carbocycles. The van der Waals surface area contributed by atoms with Crippen LogP contribution in [0.3, 0.4) is 0 Å². The number of Topliss-reactive ketones (excluding diaryl/α,β-unsaturated/α-hetero) is 1. The average molecular weight is 432 g/mol. The van der Waals surface area contributed by atoms with Crippen LogP contribution >= 0.6 is 34.5 Å². The third-order valence-corrected chi connectivity index (χ3v) is 6.45. The summed E-state index contributed by atoms with van der Waals surface area (Å²) in [6.45, 7) is 0.101. The number of halogens is 2. The van der Waals surface area contributed by atoms with Crippen molar-refractivity contribution in [2.45, 2.75) is 18.6 Å². The molecule has 3 aromatic rings. The molecule has 2 aromatic carbocycles. The molecule has 1 aromatic heterocycles. The van der Waals surface area contributed by atoms with Gasteiger partial charge in [0.1, 0.15) is 0 Å². The van der Waals surface area contributed by atoms with Crippen molar-refractivity contribution in [1.29, 1.82) is 0 Å². The summed E-state index contributed by atoms with van der Waals surface area (Å²) >= 11 is 13.8. The summed E-state index contributed by atoms with van der Waals surface area (Å²) in [7, 11) is 0. The second kappa shape index (κ2) is 7.33. The summed E-state index contributed by atoms with van der Waals surface area (Å²) in [6, 6.07) is 15.5. The molecular formula is C21H15Cl2NO3S. The zero-order chi connectivity index (χ0) is 19.9. The van der Waals surface area contributed by atoms with Crippen molar-refractivity contribution in [2.24, 2.45) is 0 Å². The number of carbonyl (C=O) groups is 2. The van der Waals surface area contributed by atoms with E-state index in [1.807, 2.05) is 0 Å². The van der Waals surface area contributed by atoms with Gasteiger partial charge in [0.2, 0.25) is 0 Å². The number of hydrogen-bond acceptors (Lipinski definition) is 4. The Morgan fingerprint density at radius 1 is 1.04 bits per heavy atom. The molecule has 2 heterocycles. The van der Waals surface area contributed by atoms with Gasteiger partial charge in [0.15, 0.2) is 11.4 Å². The summed E-state index contributed by atoms with van der Waals surface area (Å²) in [5.41, 5.74) is -0.383. The molecule has 0 saturated heterocycles. The number of thiophene rings is 1. The monoisotopic (exact) mass is 431 g/mol. The van der Waals surface area contributed by atoms with Gasteiger partial charge in [-0.25, -0.2) is 0 Å². The van der Waals surface area contributed by atoms with E-state index in [-0.39, 0.29) is 18.7 Å². The van der Waals surface area contributed by atoms with Crippen molar-refractivity contribution in [2.75, 3.05) is 4.90 Å². The van der Waals surface area contributed by atoms with Crippen molar-refractivity contribution in [3.05, 3.63) is 86.0 Å². The smallest absolute Gasteiger partial charge is 0.264 e. The lowest BCUT2D eigenvalue weighted by atomic mass is 9.89. The topological polar surface area (TPSA) is 57.6 Å². The molecule has 0 aliphatic carbocycles. The van der Waals surface area contributed by atoms with Crippen molar-refractivity contribution in [1.82, 2.24) is 0 Å². The Labute approximate surface area is 175 Å². The Balaban J connectivity index is 1.73. The maximum atomic E-state index is 13.3. The Kier molecular flexibility index (Phi) is 5.02. The summed E-state index contributed by atoms with van der Waals surface area (Å²) in [4.78, 5) is 27.8. The fraction of sp³-hybridized carbons (Fsp3) is 0.143. The molecule has 0 bridgehead atoms. The molecule has 1 aliphatic rings. The highest BCUT2D eigenvalue weighted by Gasteiger charge is 2.51. The maximum Gasteiger partial charge on any atom is 0.264 e. The SMILES string of the molecule is O=C(C[C@@]1(O)C(=O)N(Cc2c(Cl)cccc2Cl)c2ccccc21)c1cccs1. The normalized spacial score (nSPS) is 18.4. The molecule has 1 N–H and O–H groups in total. The second-order valence-corrected chi connectivity index (χ2v) is 8.31. The molecule has 0 fully saturated rings. The molecule has 0 unspecified atom stereocenters. The standard InChI is InChI=1S/C21H15Cl2NO3S/c22-15-6-3-7-16(23)13(15)12-24-17-8-2-1-5-14(17)21(27,20(24)26)11-18(25)19-9-4-10-28-19/h1-10,27H,11-12H2/t21-/m0/s1. The minimum absolute atomic E-state index is 0.101. The zero-order valence-electron chi connectivity index (χ0n) is 14.6. The van der Waals surface area contributed by atoms with Crippen LogP contribution in [0.1, 0.15) is 27.2 Å². The molecule has 142 valence electrons. The number of ketones is 1. The highest BCUT2D eigenvalue weighted by Crippen LogP contribution is 2.44. The summed E-state index contributed by atoms with van der Waals surface area (Å²) in [5.74, 6) is -0.840. The number of benzene rings is 2. The van der Waals surface area contributed by atoms with Crippen LogP contribution in [0.5, 0.6) is 0 Å². The Bertz CT molecular complexity index is 1050. The molecule has 1 atom stereocenters. The van der Waals surface area contributed by atoms with Crippen LogP contribution in [0.4, 0.5) is 5.69 Å². The first-order valence-corrected chi connectivity index (χ1v) is 10.2. The number of anilines is 1. The zero-order valence-corrected chi connectivity index (χ0v) is 16.9. The van der Waals surface area contributed by atoms with Crippen LogP contribution in [0.2, 0.25) is 10.0 Å². The minimum atomic E-state index is -1.93. The van der Waals surface area contributed by atoms with E-state index in [0.29, 0.717) is 31.7 Å². The van der Waals surface area contributed by atoms with Gasteiger partial charge in [0, 0.05) is 21.2 Å². The van der Waals surface area contributed by atoms with Crippen LogP contribution in [0.15, 0.2) is 60.0 Å². The maximum absolute atomic E-state index is 13.3. The van der Waals surface area contributed by atoms with Crippen LogP contribution < -0.4 is 4.90 Å². The Morgan fingerprint density at radius 2 is 1.75 bits per heavy atom. The molecule has 0 radical (unpaired) electrons. The van der Waals surface area contributed by atoms with E-state index in [1.165, 1.54) is 16.2 Å². The van der Waals surface area contributed by atoms with Gasteiger partial charge in [-0.05, 0) is 29.6 Å². The van der Waals surface area contributed by atoms with Crippen LogP contribution in [-0.2, 0) is 16.9 Å². The fourth-order valence-corrected chi connectivity index (χ4v) is 4.61. The van der Waals surface area contributed by atoms with Gasteiger partial charge >= 0.3 is 0 Å². The lowest BCUT2D eigenvalue weighted by Crippen LogP contribution is -2.41. The highest BCUT2D eigenvalue weighted by atomic mass is 35.5. The molecular weight excluding hydrogens is 417 g/mol. The van der Waals surface area contributed by atoms with E-state index >= 15 is 0 Å². The van der Waals surface area contributed by atoms with Gasteiger partial charge in [0.25, 0.3) is 5.91 Å². The number of hydrogen-bond donors (Lipinski definition) is 1. The van der Waals surface area contributed by atoms with E-state index < -0.39 is 11.5 Å². The van der Waals surface area contributed by atoms with Crippen LogP contribution in [-0.4, -0.2) is 16.8 Å². The highest BCUT2D eigenvalue weighted by molar-refractivity contribution is 7.12. The van der Waals surface area contributed by atoms with Gasteiger partial charge in [0.05, 0.1) is 23.5 Å². The van der Waals surface area contributed by atoms with Gasteiger partial charge in [-0.3, -0.25) is 9.59 Å². The lowest BCUT2D eigenvalue weighted by Gasteiger charge is -2.23. The number of para-hydroxylation sites is 1. The minimum Gasteiger partial charge on any atom is -0.375 e. The summed E-state index contributed by atoms with van der Waals surface area (Å²) < 4.78 is 0. The number of fused-ring (bicyclic) bond motifs is 1. The van der Waals surface area contributed by atoms with Crippen molar-refractivity contribution in [3.63, 3.8) is 0 Å². The first-order chi connectivity index (χ1) is 13.4. The molecule has 4 rings (SSSR count). The van der Waals surface area contributed by atoms with Crippen molar-refractivity contribution >= 4 is 51.9 Å². The molecule has 1 amide bonds. The predicted octanol–water partition coefficient (Wildman–Crippen LogP) is 5.06. The number of carbonyl (C=O) groups excluding carboxylic acids is 2. The Morgan fingerprint density at radius 3 is 2.43 bits per heavy atom. The largest absolute Gasteiger partial charge is 0.375 e. The van der Waals surface area contributed by atoms with Crippen molar-refractivity contribution < 1.29 is 14.7 Å². The predicted molar refractivity (Wildman–Crippen MR) is 111 cm³/mol. The summed E-state index contributed by atoms with van der Waals surface area (Å²) in [6.07, 6.45) is -0.323. The number of nitrogens with zero attached hydrogens (tertiary/aromatic N) is 1.